The molecule has 0 unspecified atom stereocenters. The summed E-state index contributed by atoms with van der Waals surface area (Å²) in [6.07, 6.45) is 2.59. The zero-order valence-corrected chi connectivity index (χ0v) is 9.34. The standard InChI is InChI=1S/C8H8ClN5O2/c1-8(2,14(15)16)13-4-12-5-6(9)10-3-11-7(5)13/h3-4H,1-2H3. The van der Waals surface area contributed by atoms with Gasteiger partial charge in [-0.1, -0.05) is 11.6 Å². The maximum absolute atomic E-state index is 10.9. The molecule has 0 aromatic carbocycles. The van der Waals surface area contributed by atoms with E-state index in [0.717, 1.165) is 0 Å². The average molecular weight is 242 g/mol. The van der Waals surface area contributed by atoms with Crippen molar-refractivity contribution < 1.29 is 4.92 Å². The Morgan fingerprint density at radius 2 is 2.12 bits per heavy atom. The topological polar surface area (TPSA) is 86.7 Å². The summed E-state index contributed by atoms with van der Waals surface area (Å²) in [5.74, 6) is 0. The number of nitrogens with zero attached hydrogens (tertiary/aromatic N) is 5. The van der Waals surface area contributed by atoms with Gasteiger partial charge in [-0.15, -0.1) is 0 Å². The quantitative estimate of drug-likeness (QED) is 0.451. The van der Waals surface area contributed by atoms with Crippen LogP contribution in [-0.2, 0) is 5.66 Å². The third-order valence-corrected chi connectivity index (χ3v) is 2.60. The Morgan fingerprint density at radius 1 is 1.44 bits per heavy atom. The Bertz CT molecular complexity index is 565. The minimum Gasteiger partial charge on any atom is -0.262 e. The third-order valence-electron chi connectivity index (χ3n) is 2.33. The lowest BCUT2D eigenvalue weighted by Crippen LogP contribution is -2.34. The first kappa shape index (κ1) is 10.7. The monoisotopic (exact) mass is 241 g/mol. The number of imidazole rings is 1. The van der Waals surface area contributed by atoms with Crippen LogP contribution < -0.4 is 0 Å². The highest BCUT2D eigenvalue weighted by molar-refractivity contribution is 6.33. The molecule has 2 rings (SSSR count). The molecular weight excluding hydrogens is 234 g/mol. The van der Waals surface area contributed by atoms with E-state index < -0.39 is 10.6 Å². The fourth-order valence-electron chi connectivity index (χ4n) is 1.29. The van der Waals surface area contributed by atoms with E-state index in [0.29, 0.717) is 11.2 Å². The second-order valence-corrected chi connectivity index (χ2v) is 4.06. The predicted octanol–water partition coefficient (Wildman–Crippen LogP) is 1.45. The van der Waals surface area contributed by atoms with Gasteiger partial charge in [0.1, 0.15) is 18.2 Å². The van der Waals surface area contributed by atoms with Gasteiger partial charge in [-0.05, 0) is 0 Å². The molecule has 0 radical (unpaired) electrons. The van der Waals surface area contributed by atoms with Crippen LogP contribution in [0.2, 0.25) is 5.15 Å². The van der Waals surface area contributed by atoms with Crippen molar-refractivity contribution in [3.8, 4) is 0 Å². The lowest BCUT2D eigenvalue weighted by Gasteiger charge is -2.16. The number of nitro groups is 1. The Labute approximate surface area is 95.2 Å². The van der Waals surface area contributed by atoms with E-state index in [1.807, 2.05) is 0 Å². The molecule has 0 amide bonds. The van der Waals surface area contributed by atoms with Crippen molar-refractivity contribution in [2.45, 2.75) is 19.5 Å². The summed E-state index contributed by atoms with van der Waals surface area (Å²) >= 11 is 5.80. The summed E-state index contributed by atoms with van der Waals surface area (Å²) in [6.45, 7) is 2.92. The summed E-state index contributed by atoms with van der Waals surface area (Å²) in [5, 5.41) is 11.1. The Balaban J connectivity index is 2.72. The van der Waals surface area contributed by atoms with E-state index >= 15 is 0 Å². The highest BCUT2D eigenvalue weighted by Crippen LogP contribution is 2.24. The fourth-order valence-corrected chi connectivity index (χ4v) is 1.47. The molecule has 0 saturated heterocycles. The maximum Gasteiger partial charge on any atom is 0.296 e. The van der Waals surface area contributed by atoms with E-state index in [4.69, 9.17) is 11.6 Å². The van der Waals surface area contributed by atoms with Crippen molar-refractivity contribution in [2.24, 2.45) is 0 Å². The van der Waals surface area contributed by atoms with E-state index in [-0.39, 0.29) is 5.15 Å². The molecule has 0 atom stereocenters. The molecule has 0 spiro atoms. The van der Waals surface area contributed by atoms with Crippen molar-refractivity contribution in [1.29, 1.82) is 0 Å². The Morgan fingerprint density at radius 3 is 2.75 bits per heavy atom. The minimum atomic E-state index is -1.33. The molecule has 0 bridgehead atoms. The molecule has 7 nitrogen and oxygen atoms in total. The fraction of sp³-hybridized carbons (Fsp3) is 0.375. The lowest BCUT2D eigenvalue weighted by atomic mass is 10.2. The van der Waals surface area contributed by atoms with E-state index in [2.05, 4.69) is 15.0 Å². The number of hydrogen-bond acceptors (Lipinski definition) is 5. The van der Waals surface area contributed by atoms with Gasteiger partial charge in [0, 0.05) is 18.8 Å². The number of rotatable bonds is 2. The molecule has 8 heteroatoms. The first-order chi connectivity index (χ1) is 7.44. The molecule has 2 aromatic rings. The SMILES string of the molecule is CC(C)(n1cnc2c(Cl)ncnc21)[N+](=O)[O-]. The van der Waals surface area contributed by atoms with Crippen LogP contribution in [0.4, 0.5) is 0 Å². The van der Waals surface area contributed by atoms with Crippen LogP contribution in [0.5, 0.6) is 0 Å². The molecule has 0 aliphatic carbocycles. The largest absolute Gasteiger partial charge is 0.296 e. The summed E-state index contributed by atoms with van der Waals surface area (Å²) in [7, 11) is 0. The van der Waals surface area contributed by atoms with Crippen molar-refractivity contribution in [3.63, 3.8) is 0 Å². The first-order valence-electron chi connectivity index (χ1n) is 4.43. The molecule has 0 N–H and O–H groups in total. The highest BCUT2D eigenvalue weighted by atomic mass is 35.5. The van der Waals surface area contributed by atoms with Crippen molar-refractivity contribution >= 4 is 22.8 Å². The zero-order chi connectivity index (χ0) is 11.9. The normalized spacial score (nSPS) is 11.9. The number of aromatic nitrogens is 4. The number of fused-ring (bicyclic) bond motifs is 1. The van der Waals surface area contributed by atoms with Crippen molar-refractivity contribution in [1.82, 2.24) is 19.5 Å². The van der Waals surface area contributed by atoms with Crippen LogP contribution in [0, 0.1) is 10.1 Å². The van der Waals surface area contributed by atoms with Gasteiger partial charge >= 0.3 is 0 Å². The van der Waals surface area contributed by atoms with E-state index in [9.17, 15) is 10.1 Å². The molecule has 0 aliphatic rings. The molecule has 84 valence electrons. The zero-order valence-electron chi connectivity index (χ0n) is 8.59. The van der Waals surface area contributed by atoms with Crippen LogP contribution in [0.15, 0.2) is 12.7 Å². The predicted molar refractivity (Wildman–Crippen MR) is 56.6 cm³/mol. The van der Waals surface area contributed by atoms with Crippen LogP contribution >= 0.6 is 11.6 Å². The molecule has 0 fully saturated rings. The van der Waals surface area contributed by atoms with Crippen LogP contribution in [0.1, 0.15) is 13.8 Å². The van der Waals surface area contributed by atoms with Gasteiger partial charge in [-0.25, -0.2) is 19.5 Å². The van der Waals surface area contributed by atoms with Crippen molar-refractivity contribution in [3.05, 3.63) is 27.9 Å². The first-order valence-corrected chi connectivity index (χ1v) is 4.81. The summed E-state index contributed by atoms with van der Waals surface area (Å²) in [4.78, 5) is 22.2. The minimum absolute atomic E-state index is 0.183. The number of halogens is 1. The van der Waals surface area contributed by atoms with Gasteiger partial charge in [-0.2, -0.15) is 0 Å². The second kappa shape index (κ2) is 3.38. The Kier molecular flexibility index (Phi) is 2.27. The number of hydrogen-bond donors (Lipinski definition) is 0. The smallest absolute Gasteiger partial charge is 0.262 e. The van der Waals surface area contributed by atoms with Crippen molar-refractivity contribution in [2.75, 3.05) is 0 Å². The van der Waals surface area contributed by atoms with Gasteiger partial charge in [0.05, 0.1) is 0 Å². The average Bonchev–Trinajstić information content (AvgIpc) is 2.63. The van der Waals surface area contributed by atoms with E-state index in [1.165, 1.54) is 31.1 Å². The third kappa shape index (κ3) is 1.40. The van der Waals surface area contributed by atoms with Gasteiger partial charge in [-0.3, -0.25) is 10.1 Å². The van der Waals surface area contributed by atoms with Gasteiger partial charge in [0.15, 0.2) is 10.8 Å². The van der Waals surface area contributed by atoms with Gasteiger partial charge < -0.3 is 0 Å². The van der Waals surface area contributed by atoms with Gasteiger partial charge in [0.2, 0.25) is 0 Å². The summed E-state index contributed by atoms with van der Waals surface area (Å²) in [6, 6.07) is 0. The molecule has 2 aromatic heterocycles. The summed E-state index contributed by atoms with van der Waals surface area (Å²) in [5.41, 5.74) is -0.618. The molecule has 0 aliphatic heterocycles. The van der Waals surface area contributed by atoms with Crippen LogP contribution in [0.3, 0.4) is 0 Å². The Hall–Kier alpha value is -1.76. The molecule has 16 heavy (non-hydrogen) atoms. The summed E-state index contributed by atoms with van der Waals surface area (Å²) < 4.78 is 1.36. The highest BCUT2D eigenvalue weighted by Gasteiger charge is 2.35. The lowest BCUT2D eigenvalue weighted by molar-refractivity contribution is -0.590. The molecule has 2 heterocycles. The van der Waals surface area contributed by atoms with Crippen LogP contribution in [-0.4, -0.2) is 24.4 Å². The van der Waals surface area contributed by atoms with Crippen LogP contribution in [0.25, 0.3) is 11.2 Å². The van der Waals surface area contributed by atoms with E-state index in [1.54, 1.807) is 0 Å². The van der Waals surface area contributed by atoms with Gasteiger partial charge in [0.25, 0.3) is 5.66 Å². The molecule has 0 saturated carbocycles. The second-order valence-electron chi connectivity index (χ2n) is 3.70. The maximum atomic E-state index is 10.9. The molecular formula is C8H8ClN5O2.